The number of anilines is 1. The SMILES string of the molecule is CCN(Cc1ccc2c(c1)OCO2)C(=O)NC1CCN(c2ccccn2)CC1. The maximum atomic E-state index is 12.8. The molecule has 28 heavy (non-hydrogen) atoms. The summed E-state index contributed by atoms with van der Waals surface area (Å²) in [6.45, 7) is 5.25. The lowest BCUT2D eigenvalue weighted by molar-refractivity contribution is 0.173. The first kappa shape index (κ1) is 18.4. The van der Waals surface area contributed by atoms with Gasteiger partial charge in [-0.15, -0.1) is 0 Å². The minimum atomic E-state index is -0.0172. The van der Waals surface area contributed by atoms with E-state index < -0.39 is 0 Å². The number of urea groups is 1. The predicted octanol–water partition coefficient (Wildman–Crippen LogP) is 3.01. The van der Waals surface area contributed by atoms with Gasteiger partial charge < -0.3 is 24.6 Å². The number of hydrogen-bond donors (Lipinski definition) is 1. The van der Waals surface area contributed by atoms with Crippen LogP contribution in [0.3, 0.4) is 0 Å². The average Bonchev–Trinajstić information content (AvgIpc) is 3.21. The number of fused-ring (bicyclic) bond motifs is 1. The Hall–Kier alpha value is -2.96. The van der Waals surface area contributed by atoms with Crippen LogP contribution in [0.25, 0.3) is 0 Å². The van der Waals surface area contributed by atoms with Gasteiger partial charge in [0.25, 0.3) is 0 Å². The number of nitrogens with zero attached hydrogens (tertiary/aromatic N) is 3. The number of piperidine rings is 1. The zero-order chi connectivity index (χ0) is 19.3. The Bertz CT molecular complexity index is 807. The van der Waals surface area contributed by atoms with Gasteiger partial charge in [-0.2, -0.15) is 0 Å². The Labute approximate surface area is 165 Å². The van der Waals surface area contributed by atoms with Crippen molar-refractivity contribution < 1.29 is 14.3 Å². The quantitative estimate of drug-likeness (QED) is 0.861. The van der Waals surface area contributed by atoms with E-state index >= 15 is 0 Å². The van der Waals surface area contributed by atoms with Crippen molar-refractivity contribution in [3.8, 4) is 11.5 Å². The average molecular weight is 382 g/mol. The zero-order valence-electron chi connectivity index (χ0n) is 16.1. The van der Waals surface area contributed by atoms with Gasteiger partial charge >= 0.3 is 6.03 Å². The Kier molecular flexibility index (Phi) is 5.50. The molecule has 2 aliphatic heterocycles. The minimum Gasteiger partial charge on any atom is -0.454 e. The second-order valence-electron chi connectivity index (χ2n) is 7.10. The highest BCUT2D eigenvalue weighted by atomic mass is 16.7. The molecule has 1 aromatic heterocycles. The molecule has 0 atom stereocenters. The Morgan fingerprint density at radius 3 is 2.79 bits per heavy atom. The van der Waals surface area contributed by atoms with E-state index in [4.69, 9.17) is 9.47 Å². The third-order valence-electron chi connectivity index (χ3n) is 5.28. The normalized spacial score (nSPS) is 16.1. The van der Waals surface area contributed by atoms with Crippen LogP contribution in [0.15, 0.2) is 42.6 Å². The highest BCUT2D eigenvalue weighted by Crippen LogP contribution is 2.32. The Morgan fingerprint density at radius 1 is 1.21 bits per heavy atom. The largest absolute Gasteiger partial charge is 0.454 e. The zero-order valence-corrected chi connectivity index (χ0v) is 16.1. The number of rotatable bonds is 5. The van der Waals surface area contributed by atoms with Crippen LogP contribution in [0, 0.1) is 0 Å². The van der Waals surface area contributed by atoms with E-state index in [2.05, 4.69) is 15.2 Å². The molecule has 0 saturated carbocycles. The smallest absolute Gasteiger partial charge is 0.317 e. The monoisotopic (exact) mass is 382 g/mol. The number of ether oxygens (including phenoxy) is 2. The van der Waals surface area contributed by atoms with E-state index in [-0.39, 0.29) is 18.9 Å². The number of carbonyl (C=O) groups is 1. The van der Waals surface area contributed by atoms with Crippen LogP contribution in [0.2, 0.25) is 0 Å². The lowest BCUT2D eigenvalue weighted by Gasteiger charge is -2.34. The van der Waals surface area contributed by atoms with Crippen molar-refractivity contribution in [2.75, 3.05) is 31.3 Å². The number of pyridine rings is 1. The number of benzene rings is 1. The van der Waals surface area contributed by atoms with Crippen LogP contribution in [0.1, 0.15) is 25.3 Å². The number of amides is 2. The fourth-order valence-corrected chi connectivity index (χ4v) is 3.65. The van der Waals surface area contributed by atoms with Crippen molar-refractivity contribution in [2.24, 2.45) is 0 Å². The maximum absolute atomic E-state index is 12.8. The van der Waals surface area contributed by atoms with Gasteiger partial charge in [-0.1, -0.05) is 12.1 Å². The van der Waals surface area contributed by atoms with Gasteiger partial charge in [0.15, 0.2) is 11.5 Å². The maximum Gasteiger partial charge on any atom is 0.317 e. The van der Waals surface area contributed by atoms with E-state index in [1.807, 2.05) is 54.4 Å². The summed E-state index contributed by atoms with van der Waals surface area (Å²) >= 11 is 0. The fraction of sp³-hybridized carbons (Fsp3) is 0.429. The molecule has 4 rings (SSSR count). The van der Waals surface area contributed by atoms with Crippen molar-refractivity contribution >= 4 is 11.8 Å². The fourth-order valence-electron chi connectivity index (χ4n) is 3.65. The molecule has 1 N–H and O–H groups in total. The lowest BCUT2D eigenvalue weighted by Crippen LogP contribution is -2.49. The molecule has 0 radical (unpaired) electrons. The Morgan fingerprint density at radius 2 is 2.04 bits per heavy atom. The third-order valence-corrected chi connectivity index (χ3v) is 5.28. The summed E-state index contributed by atoms with van der Waals surface area (Å²) in [5.74, 6) is 2.51. The van der Waals surface area contributed by atoms with E-state index in [1.54, 1.807) is 0 Å². The number of nitrogens with one attached hydrogen (secondary N) is 1. The first-order chi connectivity index (χ1) is 13.7. The summed E-state index contributed by atoms with van der Waals surface area (Å²) in [5, 5.41) is 3.20. The van der Waals surface area contributed by atoms with Crippen molar-refractivity contribution in [1.82, 2.24) is 15.2 Å². The van der Waals surface area contributed by atoms with Crippen LogP contribution in [-0.2, 0) is 6.54 Å². The van der Waals surface area contributed by atoms with Crippen LogP contribution in [0.5, 0.6) is 11.5 Å². The molecular weight excluding hydrogens is 356 g/mol. The molecule has 2 aliphatic rings. The van der Waals surface area contributed by atoms with Gasteiger partial charge in [0, 0.05) is 38.4 Å². The number of hydrogen-bond acceptors (Lipinski definition) is 5. The third kappa shape index (κ3) is 4.13. The molecule has 1 fully saturated rings. The summed E-state index contributed by atoms with van der Waals surface area (Å²) in [6.07, 6.45) is 3.66. The molecule has 3 heterocycles. The van der Waals surface area contributed by atoms with Crippen molar-refractivity contribution in [2.45, 2.75) is 32.4 Å². The molecule has 0 bridgehead atoms. The second-order valence-corrected chi connectivity index (χ2v) is 7.10. The standard InChI is InChI=1S/C21H26N4O3/c1-2-24(14-16-6-7-18-19(13-16)28-15-27-18)21(26)23-17-8-11-25(12-9-17)20-5-3-4-10-22-20/h3-7,10,13,17H,2,8-9,11-12,14-15H2,1H3,(H,23,26). The van der Waals surface area contributed by atoms with Crippen molar-refractivity contribution in [1.29, 1.82) is 0 Å². The van der Waals surface area contributed by atoms with Crippen LogP contribution in [0.4, 0.5) is 10.6 Å². The summed E-state index contributed by atoms with van der Waals surface area (Å²) < 4.78 is 10.8. The topological polar surface area (TPSA) is 66.9 Å². The van der Waals surface area contributed by atoms with Crippen molar-refractivity contribution in [3.05, 3.63) is 48.2 Å². The minimum absolute atomic E-state index is 0.0172. The molecule has 7 nitrogen and oxygen atoms in total. The number of aromatic nitrogens is 1. The van der Waals surface area contributed by atoms with Gasteiger partial charge in [-0.3, -0.25) is 0 Å². The van der Waals surface area contributed by atoms with Crippen LogP contribution in [-0.4, -0.2) is 48.4 Å². The van der Waals surface area contributed by atoms with Gasteiger partial charge in [-0.25, -0.2) is 9.78 Å². The van der Waals surface area contributed by atoms with Gasteiger partial charge in [0.05, 0.1) is 0 Å². The molecule has 1 saturated heterocycles. The van der Waals surface area contributed by atoms with Crippen LogP contribution >= 0.6 is 0 Å². The van der Waals surface area contributed by atoms with E-state index in [0.717, 1.165) is 48.8 Å². The van der Waals surface area contributed by atoms with E-state index in [1.165, 1.54) is 0 Å². The Balaban J connectivity index is 1.30. The molecule has 7 heteroatoms. The molecule has 148 valence electrons. The molecule has 2 amide bonds. The summed E-state index contributed by atoms with van der Waals surface area (Å²) in [5.41, 5.74) is 1.03. The lowest BCUT2D eigenvalue weighted by atomic mass is 10.1. The molecule has 1 aromatic carbocycles. The molecule has 0 unspecified atom stereocenters. The molecule has 2 aromatic rings. The van der Waals surface area contributed by atoms with Gasteiger partial charge in [0.1, 0.15) is 5.82 Å². The predicted molar refractivity (Wildman–Crippen MR) is 107 cm³/mol. The van der Waals surface area contributed by atoms with Gasteiger partial charge in [-0.05, 0) is 49.6 Å². The highest BCUT2D eigenvalue weighted by Gasteiger charge is 2.23. The van der Waals surface area contributed by atoms with Gasteiger partial charge in [0.2, 0.25) is 6.79 Å². The second kappa shape index (κ2) is 8.37. The molecule has 0 spiro atoms. The summed E-state index contributed by atoms with van der Waals surface area (Å²) in [6, 6.07) is 12.0. The summed E-state index contributed by atoms with van der Waals surface area (Å²) in [7, 11) is 0. The van der Waals surface area contributed by atoms with Crippen LogP contribution < -0.4 is 19.7 Å². The van der Waals surface area contributed by atoms with E-state index in [9.17, 15) is 4.79 Å². The first-order valence-electron chi connectivity index (χ1n) is 9.83. The first-order valence-corrected chi connectivity index (χ1v) is 9.83. The number of carbonyl (C=O) groups excluding carboxylic acids is 1. The highest BCUT2D eigenvalue weighted by molar-refractivity contribution is 5.74. The molecular formula is C21H26N4O3. The molecule has 0 aliphatic carbocycles. The van der Waals surface area contributed by atoms with Crippen molar-refractivity contribution in [3.63, 3.8) is 0 Å². The van der Waals surface area contributed by atoms with E-state index in [0.29, 0.717) is 13.1 Å². The summed E-state index contributed by atoms with van der Waals surface area (Å²) in [4.78, 5) is 21.3.